The van der Waals surface area contributed by atoms with Gasteiger partial charge >= 0.3 is 0 Å². The average Bonchev–Trinajstić information content (AvgIpc) is 3.15. The van der Waals surface area contributed by atoms with Crippen molar-refractivity contribution in [2.75, 3.05) is 0 Å². The molecule has 0 saturated heterocycles. The summed E-state index contributed by atoms with van der Waals surface area (Å²) in [6.45, 7) is 7.55. The standard InChI is InChI=1S/C20H25NO/c1-14-12-19(21(16(14)3)13-18-11-15(18)2)20(22)10-9-17-7-5-4-6-8-17/h4-8,12,15,18H,9-11,13H2,1-3H3. The van der Waals surface area contributed by atoms with Crippen LogP contribution in [0.1, 0.15) is 47.1 Å². The van der Waals surface area contributed by atoms with Crippen LogP contribution in [-0.4, -0.2) is 10.4 Å². The summed E-state index contributed by atoms with van der Waals surface area (Å²) in [6.07, 6.45) is 2.71. The van der Waals surface area contributed by atoms with Gasteiger partial charge in [-0.1, -0.05) is 37.3 Å². The van der Waals surface area contributed by atoms with Crippen LogP contribution in [0.5, 0.6) is 0 Å². The maximum Gasteiger partial charge on any atom is 0.179 e. The molecule has 2 aromatic rings. The molecule has 3 rings (SSSR count). The summed E-state index contributed by atoms with van der Waals surface area (Å²) in [5.41, 5.74) is 4.63. The number of aromatic nitrogens is 1. The van der Waals surface area contributed by atoms with Gasteiger partial charge in [0, 0.05) is 18.7 Å². The quantitative estimate of drug-likeness (QED) is 0.715. The Hall–Kier alpha value is -1.83. The van der Waals surface area contributed by atoms with E-state index in [4.69, 9.17) is 0 Å². The number of rotatable bonds is 6. The van der Waals surface area contributed by atoms with Crippen molar-refractivity contribution >= 4 is 5.78 Å². The van der Waals surface area contributed by atoms with Crippen LogP contribution in [0.3, 0.4) is 0 Å². The molecular formula is C20H25NO. The Bertz CT molecular complexity index is 669. The topological polar surface area (TPSA) is 22.0 Å². The zero-order valence-electron chi connectivity index (χ0n) is 13.8. The minimum absolute atomic E-state index is 0.272. The van der Waals surface area contributed by atoms with Crippen molar-refractivity contribution in [3.05, 3.63) is 58.9 Å². The van der Waals surface area contributed by atoms with Crippen molar-refractivity contribution in [3.63, 3.8) is 0 Å². The number of aryl methyl sites for hydroxylation is 2. The van der Waals surface area contributed by atoms with Crippen molar-refractivity contribution in [2.24, 2.45) is 11.8 Å². The third-order valence-corrected chi connectivity index (χ3v) is 5.08. The first kappa shape index (κ1) is 15.1. The van der Waals surface area contributed by atoms with Crippen LogP contribution in [0.2, 0.25) is 0 Å². The third-order valence-electron chi connectivity index (χ3n) is 5.08. The van der Waals surface area contributed by atoms with Crippen LogP contribution in [0.15, 0.2) is 36.4 Å². The molecule has 116 valence electrons. The number of hydrogen-bond donors (Lipinski definition) is 0. The molecule has 2 atom stereocenters. The maximum absolute atomic E-state index is 12.7. The van der Waals surface area contributed by atoms with E-state index in [1.165, 1.54) is 23.2 Å². The molecule has 1 aliphatic carbocycles. The largest absolute Gasteiger partial charge is 0.342 e. The summed E-state index contributed by atoms with van der Waals surface area (Å²) in [6, 6.07) is 12.3. The van der Waals surface area contributed by atoms with Gasteiger partial charge < -0.3 is 4.57 Å². The predicted molar refractivity (Wildman–Crippen MR) is 90.3 cm³/mol. The predicted octanol–water partition coefficient (Wildman–Crippen LogP) is 4.58. The molecule has 1 aromatic carbocycles. The molecule has 0 radical (unpaired) electrons. The zero-order valence-corrected chi connectivity index (χ0v) is 13.8. The highest BCUT2D eigenvalue weighted by Gasteiger charge is 2.33. The van der Waals surface area contributed by atoms with Crippen LogP contribution in [-0.2, 0) is 13.0 Å². The smallest absolute Gasteiger partial charge is 0.179 e. The van der Waals surface area contributed by atoms with Gasteiger partial charge in [0.25, 0.3) is 0 Å². The third kappa shape index (κ3) is 3.16. The lowest BCUT2D eigenvalue weighted by atomic mass is 10.1. The van der Waals surface area contributed by atoms with E-state index >= 15 is 0 Å². The minimum Gasteiger partial charge on any atom is -0.342 e. The summed E-state index contributed by atoms with van der Waals surface area (Å²) >= 11 is 0. The maximum atomic E-state index is 12.7. The van der Waals surface area contributed by atoms with E-state index in [0.29, 0.717) is 6.42 Å². The highest BCUT2D eigenvalue weighted by molar-refractivity contribution is 5.95. The molecular weight excluding hydrogens is 270 g/mol. The molecule has 0 aliphatic heterocycles. The molecule has 22 heavy (non-hydrogen) atoms. The number of Topliss-reactive ketones (excluding diaryl/α,β-unsaturated/α-hetero) is 1. The summed E-state index contributed by atoms with van der Waals surface area (Å²) in [5.74, 6) is 1.84. The monoisotopic (exact) mass is 295 g/mol. The number of nitrogens with zero attached hydrogens (tertiary/aromatic N) is 1. The second kappa shape index (κ2) is 6.12. The first-order valence-electron chi connectivity index (χ1n) is 8.30. The molecule has 0 spiro atoms. The number of hydrogen-bond acceptors (Lipinski definition) is 1. The van der Waals surface area contributed by atoms with Crippen LogP contribution >= 0.6 is 0 Å². The first-order chi connectivity index (χ1) is 10.6. The number of ketones is 1. The molecule has 0 amide bonds. The van der Waals surface area contributed by atoms with E-state index in [2.05, 4.69) is 43.5 Å². The van der Waals surface area contributed by atoms with Gasteiger partial charge in [0.2, 0.25) is 0 Å². The van der Waals surface area contributed by atoms with Gasteiger partial charge in [-0.3, -0.25) is 4.79 Å². The van der Waals surface area contributed by atoms with Gasteiger partial charge in [-0.05, 0) is 55.7 Å². The summed E-state index contributed by atoms with van der Waals surface area (Å²) in [4.78, 5) is 12.7. The number of carbonyl (C=O) groups is 1. The minimum atomic E-state index is 0.272. The summed E-state index contributed by atoms with van der Waals surface area (Å²) in [7, 11) is 0. The first-order valence-corrected chi connectivity index (χ1v) is 8.30. The highest BCUT2D eigenvalue weighted by atomic mass is 16.1. The highest BCUT2D eigenvalue weighted by Crippen LogP contribution is 2.39. The molecule has 1 aromatic heterocycles. The van der Waals surface area contributed by atoms with Crippen LogP contribution < -0.4 is 0 Å². The molecule has 0 bridgehead atoms. The van der Waals surface area contributed by atoms with E-state index < -0.39 is 0 Å². The van der Waals surface area contributed by atoms with Crippen molar-refractivity contribution in [1.82, 2.24) is 4.57 Å². The average molecular weight is 295 g/mol. The van der Waals surface area contributed by atoms with Gasteiger partial charge in [-0.2, -0.15) is 0 Å². The molecule has 2 nitrogen and oxygen atoms in total. The summed E-state index contributed by atoms with van der Waals surface area (Å²) in [5, 5.41) is 0. The molecule has 0 N–H and O–H groups in total. The van der Waals surface area contributed by atoms with Crippen LogP contribution in [0, 0.1) is 25.7 Å². The molecule has 1 aliphatic rings. The van der Waals surface area contributed by atoms with Crippen molar-refractivity contribution in [1.29, 1.82) is 0 Å². The normalized spacial score (nSPS) is 20.1. The Kier molecular flexibility index (Phi) is 4.19. The fourth-order valence-electron chi connectivity index (χ4n) is 3.17. The van der Waals surface area contributed by atoms with E-state index in [-0.39, 0.29) is 5.78 Å². The van der Waals surface area contributed by atoms with Gasteiger partial charge in [-0.15, -0.1) is 0 Å². The molecule has 1 heterocycles. The number of benzene rings is 1. The van der Waals surface area contributed by atoms with Gasteiger partial charge in [-0.25, -0.2) is 0 Å². The molecule has 1 fully saturated rings. The Morgan fingerprint density at radius 2 is 1.91 bits per heavy atom. The zero-order chi connectivity index (χ0) is 15.7. The van der Waals surface area contributed by atoms with Gasteiger partial charge in [0.05, 0.1) is 5.69 Å². The van der Waals surface area contributed by atoms with Crippen molar-refractivity contribution < 1.29 is 4.79 Å². The van der Waals surface area contributed by atoms with Gasteiger partial charge in [0.1, 0.15) is 0 Å². The molecule has 2 unspecified atom stereocenters. The second-order valence-corrected chi connectivity index (χ2v) is 6.79. The molecule has 1 saturated carbocycles. The fraction of sp³-hybridized carbons (Fsp3) is 0.450. The van der Waals surface area contributed by atoms with Crippen molar-refractivity contribution in [3.8, 4) is 0 Å². The second-order valence-electron chi connectivity index (χ2n) is 6.79. The Morgan fingerprint density at radius 3 is 2.55 bits per heavy atom. The van der Waals surface area contributed by atoms with Gasteiger partial charge in [0.15, 0.2) is 5.78 Å². The van der Waals surface area contributed by atoms with Crippen molar-refractivity contribution in [2.45, 2.75) is 46.6 Å². The van der Waals surface area contributed by atoms with E-state index in [9.17, 15) is 4.79 Å². The lowest BCUT2D eigenvalue weighted by Gasteiger charge is -2.11. The van der Waals surface area contributed by atoms with E-state index in [1.54, 1.807) is 0 Å². The Labute approximate surface area is 133 Å². The molecule has 2 heteroatoms. The lowest BCUT2D eigenvalue weighted by molar-refractivity contribution is 0.0973. The summed E-state index contributed by atoms with van der Waals surface area (Å²) < 4.78 is 2.26. The van der Waals surface area contributed by atoms with E-state index in [0.717, 1.165) is 30.5 Å². The Morgan fingerprint density at radius 1 is 1.23 bits per heavy atom. The van der Waals surface area contributed by atoms with Crippen LogP contribution in [0.25, 0.3) is 0 Å². The lowest BCUT2D eigenvalue weighted by Crippen LogP contribution is -2.13. The van der Waals surface area contributed by atoms with Crippen LogP contribution in [0.4, 0.5) is 0 Å². The number of carbonyl (C=O) groups excluding carboxylic acids is 1. The SMILES string of the molecule is Cc1cc(C(=O)CCc2ccccc2)n(CC2CC2C)c1C. The van der Waals surface area contributed by atoms with E-state index in [1.807, 2.05) is 18.2 Å². The Balaban J connectivity index is 1.72. The fourth-order valence-corrected chi connectivity index (χ4v) is 3.17.